The molecule has 36 nitrogen and oxygen atoms in total. The van der Waals surface area contributed by atoms with Gasteiger partial charge >= 0.3 is 137 Å². The van der Waals surface area contributed by atoms with Gasteiger partial charge in [-0.1, -0.05) is 0 Å². The molecule has 64 N–H and O–H groups in total. The first-order valence-corrected chi connectivity index (χ1v) is 3.79. The summed E-state index contributed by atoms with van der Waals surface area (Å²) < 4.78 is 22.3. The Hall–Kier alpha value is 2.62. The maximum absolute atomic E-state index is 9.44. The summed E-state index contributed by atoms with van der Waals surface area (Å²) in [5.41, 5.74) is 0. The molecule has 0 aromatic carbocycles. The van der Waals surface area contributed by atoms with Gasteiger partial charge in [-0.25, -0.2) is 0 Å². The summed E-state index contributed by atoms with van der Waals surface area (Å²) in [5.74, 6) is 0. The molecule has 0 aliphatic carbocycles. The zero-order valence-electron chi connectivity index (χ0n) is 18.6. The number of hydrogen-bond acceptors (Lipinski definition) is 3. The summed E-state index contributed by atoms with van der Waals surface area (Å²) in [6, 6.07) is 0. The van der Waals surface area contributed by atoms with E-state index in [1.807, 2.05) is 0 Å². The van der Waals surface area contributed by atoms with Crippen molar-refractivity contribution in [3.05, 3.63) is 0 Å². The Morgan fingerprint density at radius 1 is 0.310 bits per heavy atom. The molecule has 302 valence electrons. The van der Waals surface area contributed by atoms with Crippen molar-refractivity contribution in [3.63, 3.8) is 0 Å². The van der Waals surface area contributed by atoms with Crippen molar-refractivity contribution in [1.29, 1.82) is 0 Å². The van der Waals surface area contributed by atoms with Crippen molar-refractivity contribution in [1.82, 2.24) is 0 Å². The topological polar surface area (TPSA) is 1060 Å². The Labute approximate surface area is 342 Å². The van der Waals surface area contributed by atoms with Crippen LogP contribution in [0.3, 0.4) is 0 Å². The van der Waals surface area contributed by atoms with Gasteiger partial charge < -0.3 is 183 Å². The predicted octanol–water partition coefficient (Wildman–Crippen LogP) is -31.1. The Bertz CT molecular complexity index is 115. The molecule has 0 unspecified atom stereocenters. The standard InChI is InChI=1S/Al.Ca.K.Na.H2O5Si2.31H2O.7H/c;;;;1-6(2)5-7(3)4;;;;;;;;;;;;;;;;;;;;;;;;;;;;;;;;;;;;;;/h;;;;1,3H;31*1H2;;;;;;;. The third kappa shape index (κ3) is 1680. The quantitative estimate of drug-likeness (QED) is 0.255. The zero-order valence-corrected chi connectivity index (χ0v) is 20.6. The number of rotatable bonds is 2. The molecule has 42 heteroatoms. The minimum absolute atomic E-state index is 0. The van der Waals surface area contributed by atoms with Crippen LogP contribution in [-0.2, 0) is 13.0 Å². The van der Waals surface area contributed by atoms with Crippen LogP contribution in [0.1, 0.15) is 0 Å². The van der Waals surface area contributed by atoms with Gasteiger partial charge in [-0.2, -0.15) is 0 Å². The molecule has 0 atom stereocenters. The fraction of sp³-hybridized carbons (Fsp3) is 0. The Morgan fingerprint density at radius 2 is 0.357 bits per heavy atom. The fourth-order valence-corrected chi connectivity index (χ4v) is 0.672. The third-order valence-corrected chi connectivity index (χ3v) is 1.57. The van der Waals surface area contributed by atoms with Crippen molar-refractivity contribution in [2.24, 2.45) is 0 Å². The van der Waals surface area contributed by atoms with E-state index < -0.39 is 18.3 Å². The molecule has 0 aliphatic heterocycles. The van der Waals surface area contributed by atoms with Crippen LogP contribution >= 0.6 is 0 Å². The molecule has 0 fully saturated rings. The fourth-order valence-electron chi connectivity index (χ4n) is 0.0747. The molecule has 0 aromatic rings. The van der Waals surface area contributed by atoms with E-state index in [4.69, 9.17) is 9.59 Å². The zero-order chi connectivity index (χ0) is 5.86. The van der Waals surface area contributed by atoms with Gasteiger partial charge in [0.15, 0.2) is 17.4 Å². The average molecular weight is 833 g/mol. The summed E-state index contributed by atoms with van der Waals surface area (Å²) in [5, 5.41) is 0. The normalized spacial score (nSPS) is 1.24. The molecule has 0 aliphatic rings. The Kier molecular flexibility index (Phi) is 23300. The second kappa shape index (κ2) is 856. The van der Waals surface area contributed by atoms with E-state index in [0.717, 1.165) is 0 Å². The van der Waals surface area contributed by atoms with Gasteiger partial charge in [0.2, 0.25) is 0 Å². The molecule has 0 amide bonds. The first-order chi connectivity index (χ1) is 3.13. The predicted molar refractivity (Wildman–Crippen MR) is 163 cm³/mol. The maximum atomic E-state index is 9.44. The van der Waals surface area contributed by atoms with Gasteiger partial charge in [0.25, 0.3) is 0 Å². The first kappa shape index (κ1) is 1140. The van der Waals surface area contributed by atoms with Crippen molar-refractivity contribution < 1.29 is 192 Å². The monoisotopic (exact) mass is 832 g/mol. The van der Waals surface area contributed by atoms with Crippen LogP contribution in [0.4, 0.5) is 0 Å². The van der Waals surface area contributed by atoms with Crippen molar-refractivity contribution >= 4 is 154 Å². The molecule has 0 heterocycles. The van der Waals surface area contributed by atoms with E-state index in [0.29, 0.717) is 0 Å². The summed E-state index contributed by atoms with van der Waals surface area (Å²) in [6.45, 7) is 0. The van der Waals surface area contributed by atoms with Crippen molar-refractivity contribution in [2.75, 3.05) is 0 Å². The van der Waals surface area contributed by atoms with E-state index in [2.05, 4.69) is 4.12 Å². The Balaban J connectivity index is -0.000000000303. The van der Waals surface area contributed by atoms with Gasteiger partial charge in [0, 0.05) is 0 Å². The summed E-state index contributed by atoms with van der Waals surface area (Å²) in [6.07, 6.45) is 0. The second-order valence-corrected chi connectivity index (χ2v) is 2.51. The molecule has 0 spiro atoms. The molecule has 42 heavy (non-hydrogen) atoms. The average Bonchev–Trinajstić information content (AvgIpc) is 1.27. The molecule has 0 aromatic heterocycles. The van der Waals surface area contributed by atoms with Crippen LogP contribution in [0.25, 0.3) is 0 Å². The molecule has 0 saturated heterocycles. The van der Waals surface area contributed by atoms with Gasteiger partial charge in [-0.3, -0.25) is 8.92 Å². The van der Waals surface area contributed by atoms with E-state index in [9.17, 15) is 8.92 Å². The van der Waals surface area contributed by atoms with Gasteiger partial charge in [0.05, 0.1) is 0 Å². The van der Waals surface area contributed by atoms with Crippen LogP contribution in [0.5, 0.6) is 0 Å². The van der Waals surface area contributed by atoms with E-state index in [1.165, 1.54) is 0 Å². The van der Waals surface area contributed by atoms with Crippen molar-refractivity contribution in [3.8, 4) is 0 Å². The van der Waals surface area contributed by atoms with Gasteiger partial charge in [-0.15, -0.1) is 0 Å². The first-order valence-electron chi connectivity index (χ1n) is 1.26. The van der Waals surface area contributed by atoms with Gasteiger partial charge in [0.1, 0.15) is 0 Å². The summed E-state index contributed by atoms with van der Waals surface area (Å²) in [4.78, 5) is 15.4. The number of hydrogen-bond donors (Lipinski definition) is 2. The molecular formula is H71AlCaKNaO36Si2. The van der Waals surface area contributed by atoms with Crippen LogP contribution in [0, 0.1) is 0 Å². The SMILES string of the molecule is O.O.O.O.O.O.O.O.O.O.O.O.O.O.O.O.O.O.O.O.O.O.O.O.O.O.O.O.O.O.O.O=[Si](O)O[Si](=O)O.[AlH3].[CaH2].[KH].[NaH]. The summed E-state index contributed by atoms with van der Waals surface area (Å²) in [7, 11) is -6.40. The molecule has 0 bridgehead atoms. The molecule has 0 saturated carbocycles. The van der Waals surface area contributed by atoms with Crippen molar-refractivity contribution in [2.45, 2.75) is 0 Å². The minimum atomic E-state index is -3.20. The van der Waals surface area contributed by atoms with Crippen LogP contribution in [0.2, 0.25) is 0 Å². The third-order valence-electron chi connectivity index (χ3n) is 0.175. The van der Waals surface area contributed by atoms with Crippen LogP contribution in [0.15, 0.2) is 0 Å². The van der Waals surface area contributed by atoms with Gasteiger partial charge in [-0.05, 0) is 0 Å². The van der Waals surface area contributed by atoms with Crippen LogP contribution < -0.4 is 0 Å². The molecule has 0 rings (SSSR count). The van der Waals surface area contributed by atoms with E-state index in [-0.39, 0.29) is 306 Å². The summed E-state index contributed by atoms with van der Waals surface area (Å²) >= 11 is 0. The molecular weight excluding hydrogens is 761 g/mol. The van der Waals surface area contributed by atoms with E-state index in [1.54, 1.807) is 0 Å². The Morgan fingerprint density at radius 3 is 0.357 bits per heavy atom. The van der Waals surface area contributed by atoms with E-state index >= 15 is 0 Å². The molecule has 0 radical (unpaired) electrons. The second-order valence-electron chi connectivity index (χ2n) is 0.634. The van der Waals surface area contributed by atoms with Crippen LogP contribution in [-0.4, -0.2) is 334 Å².